The first kappa shape index (κ1) is 20.3. The average molecular weight is 422 g/mol. The number of anilines is 3. The summed E-state index contributed by atoms with van der Waals surface area (Å²) in [6.07, 6.45) is 4.68. The van der Waals surface area contributed by atoms with Gasteiger partial charge in [-0.15, -0.1) is 0 Å². The van der Waals surface area contributed by atoms with E-state index in [-0.39, 0.29) is 35.1 Å². The Hall–Kier alpha value is -4.02. The molecular formula is C20H22N8O3. The van der Waals surface area contributed by atoms with Gasteiger partial charge in [-0.3, -0.25) is 19.6 Å². The van der Waals surface area contributed by atoms with Crippen LogP contribution in [0, 0.1) is 5.92 Å². The normalized spacial score (nSPS) is 12.9. The Kier molecular flexibility index (Phi) is 5.48. The van der Waals surface area contributed by atoms with Crippen molar-refractivity contribution in [1.82, 2.24) is 30.0 Å². The van der Waals surface area contributed by atoms with Crippen molar-refractivity contribution in [3.63, 3.8) is 0 Å². The van der Waals surface area contributed by atoms with Gasteiger partial charge in [-0.2, -0.15) is 10.1 Å². The lowest BCUT2D eigenvalue weighted by Crippen LogP contribution is -2.22. The Morgan fingerprint density at radius 3 is 2.68 bits per heavy atom. The van der Waals surface area contributed by atoms with Gasteiger partial charge in [0.2, 0.25) is 11.9 Å². The minimum atomic E-state index is -0.371. The number of aryl methyl sites for hydroxylation is 1. The number of carbonyl (C=O) groups excluding carboxylic acids is 2. The molecule has 160 valence electrons. The molecule has 2 aromatic heterocycles. The Morgan fingerprint density at radius 1 is 1.23 bits per heavy atom. The molecule has 0 spiro atoms. The summed E-state index contributed by atoms with van der Waals surface area (Å²) in [7, 11) is 4.83. The van der Waals surface area contributed by atoms with Crippen molar-refractivity contribution in [3.05, 3.63) is 36.3 Å². The minimum Gasteiger partial charge on any atom is -0.494 e. The van der Waals surface area contributed by atoms with Crippen LogP contribution >= 0.6 is 0 Å². The molecule has 1 fully saturated rings. The van der Waals surface area contributed by atoms with Crippen molar-refractivity contribution in [2.24, 2.45) is 13.0 Å². The molecule has 3 N–H and O–H groups in total. The van der Waals surface area contributed by atoms with Crippen LogP contribution in [0.15, 0.2) is 30.7 Å². The molecule has 3 aromatic rings. The second-order valence-electron chi connectivity index (χ2n) is 7.05. The number of para-hydroxylation sites is 1. The first-order chi connectivity index (χ1) is 15.0. The lowest BCUT2D eigenvalue weighted by Gasteiger charge is -2.16. The van der Waals surface area contributed by atoms with Gasteiger partial charge in [-0.25, -0.2) is 9.97 Å². The Morgan fingerprint density at radius 2 is 2.03 bits per heavy atom. The molecule has 11 heteroatoms. The van der Waals surface area contributed by atoms with E-state index in [0.29, 0.717) is 22.8 Å². The summed E-state index contributed by atoms with van der Waals surface area (Å²) in [5.41, 5.74) is 1.44. The maximum absolute atomic E-state index is 12.3. The van der Waals surface area contributed by atoms with Crippen LogP contribution in [-0.2, 0) is 11.8 Å². The van der Waals surface area contributed by atoms with Gasteiger partial charge in [0.25, 0.3) is 5.91 Å². The molecule has 2 heterocycles. The summed E-state index contributed by atoms with van der Waals surface area (Å²) in [6, 6.07) is 5.43. The minimum absolute atomic E-state index is 0.00118. The van der Waals surface area contributed by atoms with E-state index < -0.39 is 0 Å². The first-order valence-electron chi connectivity index (χ1n) is 9.70. The molecule has 0 radical (unpaired) electrons. The second kappa shape index (κ2) is 8.38. The van der Waals surface area contributed by atoms with Crippen LogP contribution in [0.2, 0.25) is 0 Å². The molecular weight excluding hydrogens is 400 g/mol. The highest BCUT2D eigenvalue weighted by Gasteiger charge is 2.30. The summed E-state index contributed by atoms with van der Waals surface area (Å²) in [5.74, 6) is 0.830. The SMILES string of the molecule is CNC(=O)c1cnc(NC(=O)C2CC2)nc1Nc1cccc(-c2ncn(C)n2)c1OC. The lowest BCUT2D eigenvalue weighted by atomic mass is 10.1. The molecule has 1 aromatic carbocycles. The number of carbonyl (C=O) groups is 2. The van der Waals surface area contributed by atoms with E-state index in [1.54, 1.807) is 24.1 Å². The van der Waals surface area contributed by atoms with E-state index >= 15 is 0 Å². The van der Waals surface area contributed by atoms with E-state index in [0.717, 1.165) is 12.8 Å². The van der Waals surface area contributed by atoms with Crippen LogP contribution in [0.25, 0.3) is 11.4 Å². The number of rotatable bonds is 7. The van der Waals surface area contributed by atoms with Crippen LogP contribution in [0.5, 0.6) is 5.75 Å². The molecule has 0 aliphatic heterocycles. The molecule has 1 aliphatic rings. The van der Waals surface area contributed by atoms with Crippen LogP contribution in [-0.4, -0.2) is 50.7 Å². The van der Waals surface area contributed by atoms with Crippen LogP contribution in [0.1, 0.15) is 23.2 Å². The number of hydrogen-bond acceptors (Lipinski definition) is 8. The highest BCUT2D eigenvalue weighted by Crippen LogP contribution is 2.36. The van der Waals surface area contributed by atoms with Gasteiger partial charge in [0.1, 0.15) is 17.7 Å². The predicted octanol–water partition coefficient (Wildman–Crippen LogP) is 1.73. The number of ether oxygens (including phenoxy) is 1. The molecule has 11 nitrogen and oxygen atoms in total. The standard InChI is InChI=1S/C20H22N8O3/c1-21-19(30)13-9-22-20(26-18(29)11-7-8-11)25-17(13)24-14-6-4-5-12(15(14)31-3)16-23-10-28(2)27-16/h4-6,9-11H,7-8H2,1-3H3,(H,21,30)(H2,22,24,25,26,29). The molecule has 1 aliphatic carbocycles. The monoisotopic (exact) mass is 422 g/mol. The van der Waals surface area contributed by atoms with Crippen molar-refractivity contribution >= 4 is 29.3 Å². The Bertz CT molecular complexity index is 1140. The molecule has 31 heavy (non-hydrogen) atoms. The van der Waals surface area contributed by atoms with Gasteiger partial charge in [0.05, 0.1) is 18.4 Å². The predicted molar refractivity (Wildman–Crippen MR) is 113 cm³/mol. The molecule has 2 amide bonds. The van der Waals surface area contributed by atoms with Crippen LogP contribution < -0.4 is 20.7 Å². The lowest BCUT2D eigenvalue weighted by molar-refractivity contribution is -0.117. The average Bonchev–Trinajstić information content (AvgIpc) is 3.54. The van der Waals surface area contributed by atoms with E-state index in [4.69, 9.17) is 4.74 Å². The molecule has 4 rings (SSSR count). The van der Waals surface area contributed by atoms with Gasteiger partial charge in [-0.05, 0) is 25.0 Å². The van der Waals surface area contributed by atoms with Crippen molar-refractivity contribution < 1.29 is 14.3 Å². The highest BCUT2D eigenvalue weighted by atomic mass is 16.5. The van der Waals surface area contributed by atoms with E-state index in [9.17, 15) is 9.59 Å². The smallest absolute Gasteiger partial charge is 0.256 e. The maximum atomic E-state index is 12.3. The van der Waals surface area contributed by atoms with Crippen molar-refractivity contribution in [1.29, 1.82) is 0 Å². The third-order valence-corrected chi connectivity index (χ3v) is 4.76. The number of nitrogens with one attached hydrogen (secondary N) is 3. The number of methoxy groups -OCH3 is 1. The molecule has 1 saturated carbocycles. The van der Waals surface area contributed by atoms with Gasteiger partial charge >= 0.3 is 0 Å². The van der Waals surface area contributed by atoms with Gasteiger partial charge in [-0.1, -0.05) is 6.07 Å². The molecule has 0 saturated heterocycles. The zero-order valence-corrected chi connectivity index (χ0v) is 17.3. The fraction of sp³-hybridized carbons (Fsp3) is 0.300. The quantitative estimate of drug-likeness (QED) is 0.524. The van der Waals surface area contributed by atoms with E-state index in [1.807, 2.05) is 12.1 Å². The van der Waals surface area contributed by atoms with Gasteiger partial charge < -0.3 is 15.4 Å². The summed E-state index contributed by atoms with van der Waals surface area (Å²) < 4.78 is 7.20. The molecule has 0 atom stereocenters. The number of nitrogens with zero attached hydrogens (tertiary/aromatic N) is 5. The maximum Gasteiger partial charge on any atom is 0.256 e. The van der Waals surface area contributed by atoms with Crippen molar-refractivity contribution in [3.8, 4) is 17.1 Å². The van der Waals surface area contributed by atoms with E-state index in [2.05, 4.69) is 36.0 Å². The summed E-state index contributed by atoms with van der Waals surface area (Å²) in [6.45, 7) is 0. The first-order valence-corrected chi connectivity index (χ1v) is 9.70. The third-order valence-electron chi connectivity index (χ3n) is 4.76. The zero-order chi connectivity index (χ0) is 22.0. The van der Waals surface area contributed by atoms with Gasteiger partial charge in [0, 0.05) is 26.2 Å². The fourth-order valence-corrected chi connectivity index (χ4v) is 3.02. The van der Waals surface area contributed by atoms with Crippen LogP contribution in [0.3, 0.4) is 0 Å². The number of hydrogen-bond donors (Lipinski definition) is 3. The van der Waals surface area contributed by atoms with Crippen LogP contribution in [0.4, 0.5) is 17.5 Å². The second-order valence-corrected chi connectivity index (χ2v) is 7.05. The third kappa shape index (κ3) is 4.29. The number of benzene rings is 1. The zero-order valence-electron chi connectivity index (χ0n) is 17.3. The number of aromatic nitrogens is 5. The largest absolute Gasteiger partial charge is 0.494 e. The Balaban J connectivity index is 1.71. The van der Waals surface area contributed by atoms with Gasteiger partial charge in [0.15, 0.2) is 11.6 Å². The summed E-state index contributed by atoms with van der Waals surface area (Å²) >= 11 is 0. The van der Waals surface area contributed by atoms with Crippen molar-refractivity contribution in [2.75, 3.05) is 24.8 Å². The van der Waals surface area contributed by atoms with E-state index in [1.165, 1.54) is 20.4 Å². The van der Waals surface area contributed by atoms with Crippen molar-refractivity contribution in [2.45, 2.75) is 12.8 Å². The topological polar surface area (TPSA) is 136 Å². The Labute approximate surface area is 178 Å². The fourth-order valence-electron chi connectivity index (χ4n) is 3.02. The molecule has 0 unspecified atom stereocenters. The highest BCUT2D eigenvalue weighted by molar-refractivity contribution is 6.00. The molecule has 0 bridgehead atoms. The number of amides is 2. The summed E-state index contributed by atoms with van der Waals surface area (Å²) in [5, 5.41) is 12.7. The summed E-state index contributed by atoms with van der Waals surface area (Å²) in [4.78, 5) is 37.2.